The van der Waals surface area contributed by atoms with Gasteiger partial charge in [0.25, 0.3) is 0 Å². The van der Waals surface area contributed by atoms with E-state index >= 15 is 0 Å². The zero-order valence-corrected chi connectivity index (χ0v) is 13.6. The summed E-state index contributed by atoms with van der Waals surface area (Å²) in [7, 11) is 1.67. The fourth-order valence-corrected chi connectivity index (χ4v) is 2.23. The van der Waals surface area contributed by atoms with E-state index in [0.717, 1.165) is 19.3 Å². The van der Waals surface area contributed by atoms with Crippen LogP contribution in [0.5, 0.6) is 0 Å². The van der Waals surface area contributed by atoms with Crippen molar-refractivity contribution in [2.45, 2.75) is 77.2 Å². The van der Waals surface area contributed by atoms with Crippen LogP contribution >= 0.6 is 0 Å². The molecular weight excluding hydrogens is 274 g/mol. The van der Waals surface area contributed by atoms with Crippen molar-refractivity contribution in [1.82, 2.24) is 5.32 Å². The van der Waals surface area contributed by atoms with Crippen molar-refractivity contribution in [2.75, 3.05) is 7.11 Å². The van der Waals surface area contributed by atoms with Gasteiger partial charge in [0.2, 0.25) is 0 Å². The van der Waals surface area contributed by atoms with E-state index in [1.807, 2.05) is 0 Å². The molecule has 3 atom stereocenters. The summed E-state index contributed by atoms with van der Waals surface area (Å²) in [5.74, 6) is -0.442. The third-order valence-electron chi connectivity index (χ3n) is 3.28. The van der Waals surface area contributed by atoms with Crippen LogP contribution in [0, 0.1) is 0 Å². The van der Waals surface area contributed by atoms with E-state index in [0.29, 0.717) is 6.42 Å². The molecule has 0 aromatic carbocycles. The summed E-state index contributed by atoms with van der Waals surface area (Å²) in [6, 6.07) is -0.734. The topological polar surface area (TPSA) is 73.9 Å². The van der Waals surface area contributed by atoms with E-state index in [4.69, 9.17) is 14.2 Å². The molecule has 1 aliphatic rings. The Balaban J connectivity index is 2.38. The van der Waals surface area contributed by atoms with Crippen LogP contribution in [-0.4, -0.2) is 43.0 Å². The maximum Gasteiger partial charge on any atom is 0.408 e. The smallest absolute Gasteiger partial charge is 0.408 e. The lowest BCUT2D eigenvalue weighted by atomic mass is 9.95. The lowest BCUT2D eigenvalue weighted by Crippen LogP contribution is -2.44. The number of amides is 1. The number of carbonyl (C=O) groups excluding carboxylic acids is 2. The molecule has 1 saturated carbocycles. The first-order valence-corrected chi connectivity index (χ1v) is 7.44. The van der Waals surface area contributed by atoms with Crippen LogP contribution in [0.2, 0.25) is 0 Å². The Morgan fingerprint density at radius 1 is 1.19 bits per heavy atom. The average molecular weight is 301 g/mol. The Morgan fingerprint density at radius 3 is 2.38 bits per heavy atom. The maximum atomic E-state index is 12.0. The third-order valence-corrected chi connectivity index (χ3v) is 3.28. The van der Waals surface area contributed by atoms with E-state index in [2.05, 4.69) is 5.32 Å². The van der Waals surface area contributed by atoms with Gasteiger partial charge in [0.05, 0.1) is 6.10 Å². The zero-order valence-electron chi connectivity index (χ0n) is 13.6. The number of hydrogen-bond donors (Lipinski definition) is 1. The van der Waals surface area contributed by atoms with Gasteiger partial charge in [-0.25, -0.2) is 9.59 Å². The molecule has 0 radical (unpaired) electrons. The van der Waals surface area contributed by atoms with Gasteiger partial charge in [-0.2, -0.15) is 0 Å². The van der Waals surface area contributed by atoms with Gasteiger partial charge in [0.1, 0.15) is 17.7 Å². The van der Waals surface area contributed by atoms with Crippen LogP contribution in [0.1, 0.15) is 53.4 Å². The fourth-order valence-electron chi connectivity index (χ4n) is 2.23. The number of carbonyl (C=O) groups is 2. The van der Waals surface area contributed by atoms with E-state index in [9.17, 15) is 9.59 Å². The Bertz CT molecular complexity index is 364. The lowest BCUT2D eigenvalue weighted by molar-refractivity contribution is -0.154. The average Bonchev–Trinajstić information content (AvgIpc) is 2.36. The van der Waals surface area contributed by atoms with Crippen LogP contribution < -0.4 is 5.32 Å². The number of methoxy groups -OCH3 is 1. The van der Waals surface area contributed by atoms with Gasteiger partial charge < -0.3 is 19.5 Å². The third kappa shape index (κ3) is 6.80. The van der Waals surface area contributed by atoms with Gasteiger partial charge in [0, 0.05) is 13.5 Å². The number of ether oxygens (including phenoxy) is 3. The highest BCUT2D eigenvalue weighted by molar-refractivity contribution is 5.81. The maximum absolute atomic E-state index is 12.0. The van der Waals surface area contributed by atoms with Crippen molar-refractivity contribution in [3.63, 3.8) is 0 Å². The first kappa shape index (κ1) is 17.8. The number of hydrogen-bond acceptors (Lipinski definition) is 5. The summed E-state index contributed by atoms with van der Waals surface area (Å²) in [5.41, 5.74) is -0.594. The molecule has 0 unspecified atom stereocenters. The molecule has 0 aromatic heterocycles. The highest BCUT2D eigenvalue weighted by Crippen LogP contribution is 2.23. The lowest BCUT2D eigenvalue weighted by Gasteiger charge is -2.29. The summed E-state index contributed by atoms with van der Waals surface area (Å²) in [6.07, 6.45) is 2.90. The first-order chi connectivity index (χ1) is 9.71. The summed E-state index contributed by atoms with van der Waals surface area (Å²) in [5, 5.41) is 2.48. The highest BCUT2D eigenvalue weighted by Gasteiger charge is 2.28. The number of nitrogens with one attached hydrogen (secondary N) is 1. The monoisotopic (exact) mass is 301 g/mol. The molecule has 6 heteroatoms. The van der Waals surface area contributed by atoms with Crippen molar-refractivity contribution < 1.29 is 23.8 Å². The van der Waals surface area contributed by atoms with Crippen LogP contribution in [0.3, 0.4) is 0 Å². The molecule has 0 bridgehead atoms. The van der Waals surface area contributed by atoms with Gasteiger partial charge in [-0.15, -0.1) is 0 Å². The van der Waals surface area contributed by atoms with E-state index < -0.39 is 23.7 Å². The van der Waals surface area contributed by atoms with E-state index in [1.165, 1.54) is 0 Å². The molecule has 1 fully saturated rings. The number of esters is 1. The summed E-state index contributed by atoms with van der Waals surface area (Å²) >= 11 is 0. The second-order valence-electron chi connectivity index (χ2n) is 6.45. The molecule has 1 amide bonds. The van der Waals surface area contributed by atoms with Crippen LogP contribution in [0.25, 0.3) is 0 Å². The van der Waals surface area contributed by atoms with Gasteiger partial charge in [0.15, 0.2) is 0 Å². The van der Waals surface area contributed by atoms with Crippen LogP contribution in [-0.2, 0) is 19.0 Å². The van der Waals surface area contributed by atoms with Crippen LogP contribution in [0.15, 0.2) is 0 Å². The van der Waals surface area contributed by atoms with Crippen molar-refractivity contribution >= 4 is 12.1 Å². The van der Waals surface area contributed by atoms with Gasteiger partial charge >= 0.3 is 12.1 Å². The Labute approximate surface area is 126 Å². The largest absolute Gasteiger partial charge is 0.461 e. The second kappa shape index (κ2) is 7.64. The first-order valence-electron chi connectivity index (χ1n) is 7.44. The molecule has 6 nitrogen and oxygen atoms in total. The molecule has 0 aromatic rings. The summed E-state index contributed by atoms with van der Waals surface area (Å²) in [6.45, 7) is 6.89. The minimum absolute atomic E-state index is 0.140. The summed E-state index contributed by atoms with van der Waals surface area (Å²) in [4.78, 5) is 23.6. The number of alkyl carbamates (subject to hydrolysis) is 1. The van der Waals surface area contributed by atoms with Gasteiger partial charge in [-0.3, -0.25) is 0 Å². The molecule has 0 spiro atoms. The Morgan fingerprint density at radius 2 is 1.81 bits per heavy atom. The van der Waals surface area contributed by atoms with Gasteiger partial charge in [-0.05, 0) is 47.0 Å². The van der Waals surface area contributed by atoms with Crippen molar-refractivity contribution in [2.24, 2.45) is 0 Å². The minimum atomic E-state index is -0.734. The Hall–Kier alpha value is -1.30. The molecule has 0 aliphatic heterocycles. The SMILES string of the molecule is CO[C@H]1CCC[C@H](OC(=O)[C@H](C)NC(=O)OC(C)(C)C)C1. The number of rotatable bonds is 4. The molecular formula is C15H27NO5. The van der Waals surface area contributed by atoms with Crippen molar-refractivity contribution in [1.29, 1.82) is 0 Å². The predicted octanol–water partition coefficient (Wildman–Crippen LogP) is 2.40. The molecule has 1 rings (SSSR count). The van der Waals surface area contributed by atoms with Crippen LogP contribution in [0.4, 0.5) is 4.79 Å². The van der Waals surface area contributed by atoms with Gasteiger partial charge in [-0.1, -0.05) is 0 Å². The molecule has 1 N–H and O–H groups in total. The molecule has 0 saturated heterocycles. The quantitative estimate of drug-likeness (QED) is 0.807. The normalized spacial score (nSPS) is 24.0. The van der Waals surface area contributed by atoms with E-state index in [1.54, 1.807) is 34.8 Å². The van der Waals surface area contributed by atoms with E-state index in [-0.39, 0.29) is 12.2 Å². The fraction of sp³-hybridized carbons (Fsp3) is 0.867. The predicted molar refractivity (Wildman–Crippen MR) is 78.0 cm³/mol. The highest BCUT2D eigenvalue weighted by atomic mass is 16.6. The standard InChI is InChI=1S/C15H27NO5/c1-10(16-14(18)21-15(2,3)4)13(17)20-12-8-6-7-11(9-12)19-5/h10-12H,6-9H2,1-5H3,(H,16,18)/t10-,11-,12-/m0/s1. The zero-order chi connectivity index (χ0) is 16.0. The second-order valence-corrected chi connectivity index (χ2v) is 6.45. The molecule has 0 heterocycles. The molecule has 122 valence electrons. The minimum Gasteiger partial charge on any atom is -0.461 e. The summed E-state index contributed by atoms with van der Waals surface area (Å²) < 4.78 is 15.8. The van der Waals surface area contributed by atoms with Crippen molar-refractivity contribution in [3.8, 4) is 0 Å². The van der Waals surface area contributed by atoms with Crippen molar-refractivity contribution in [3.05, 3.63) is 0 Å². The Kier molecular flexibility index (Phi) is 6.45. The molecule has 1 aliphatic carbocycles. The molecule has 21 heavy (non-hydrogen) atoms.